The Morgan fingerprint density at radius 1 is 1.48 bits per heavy atom. The molecule has 0 radical (unpaired) electrons. The van der Waals surface area contributed by atoms with E-state index in [1.807, 2.05) is 6.92 Å². The molecule has 10 heteroatoms. The Morgan fingerprint density at radius 2 is 2.33 bits per heavy atom. The second-order valence-corrected chi connectivity index (χ2v) is 6.71. The van der Waals surface area contributed by atoms with Crippen LogP contribution in [0.3, 0.4) is 0 Å². The highest BCUT2D eigenvalue weighted by Crippen LogP contribution is 2.25. The Hall–Kier alpha value is -1.91. The molecule has 0 aromatic carbocycles. The molecule has 3 aromatic heterocycles. The lowest BCUT2D eigenvalue weighted by Crippen LogP contribution is -2.25. The topological polar surface area (TPSA) is 102 Å². The Balaban J connectivity index is 1.96. The zero-order chi connectivity index (χ0) is 14.9. The molecule has 0 saturated heterocycles. The van der Waals surface area contributed by atoms with Crippen LogP contribution in [0.15, 0.2) is 33.4 Å². The maximum Gasteiger partial charge on any atom is 0.260 e. The molecular weight excluding hydrogens is 314 g/mol. The number of hydrogen-bond donors (Lipinski definition) is 2. The van der Waals surface area contributed by atoms with Gasteiger partial charge in [0, 0.05) is 24.2 Å². The maximum atomic E-state index is 12.5. The smallest absolute Gasteiger partial charge is 0.260 e. The van der Waals surface area contributed by atoms with Crippen molar-refractivity contribution < 1.29 is 12.9 Å². The number of imidazole rings is 1. The van der Waals surface area contributed by atoms with Gasteiger partial charge in [0.15, 0.2) is 21.6 Å². The summed E-state index contributed by atoms with van der Waals surface area (Å²) < 4.78 is 34.0. The number of thiazole rings is 1. The van der Waals surface area contributed by atoms with Crippen LogP contribution >= 0.6 is 11.3 Å². The summed E-state index contributed by atoms with van der Waals surface area (Å²) in [4.78, 5) is 4.91. The van der Waals surface area contributed by atoms with Gasteiger partial charge in [-0.15, -0.1) is 11.3 Å². The van der Waals surface area contributed by atoms with Crippen LogP contribution in [0.5, 0.6) is 0 Å². The lowest BCUT2D eigenvalue weighted by Gasteiger charge is -2.07. The van der Waals surface area contributed by atoms with E-state index in [-0.39, 0.29) is 11.6 Å². The fourth-order valence-corrected chi connectivity index (χ4v) is 3.89. The van der Waals surface area contributed by atoms with Crippen LogP contribution in [0.2, 0.25) is 0 Å². The lowest BCUT2D eigenvalue weighted by molar-refractivity contribution is 0.380. The third kappa shape index (κ3) is 2.64. The second-order valence-electron chi connectivity index (χ2n) is 4.15. The number of hydrogen-bond acceptors (Lipinski definition) is 7. The minimum Gasteiger partial charge on any atom is -0.368 e. The molecular formula is C11H13N5O3S2. The Morgan fingerprint density at radius 3 is 3.05 bits per heavy atom. The van der Waals surface area contributed by atoms with Gasteiger partial charge in [0.05, 0.1) is 12.7 Å². The molecule has 2 N–H and O–H groups in total. The van der Waals surface area contributed by atoms with Crippen LogP contribution in [0.4, 0.5) is 5.82 Å². The standard InChI is InChI=1S/C11H13N5O3S2/c1-2-12-9-10(16-5-6-20-11(16)15-9)21(17,18)14-7-8-3-4-13-19-8/h3-6,12,14H,2,7H2,1H3. The van der Waals surface area contributed by atoms with Gasteiger partial charge in [-0.05, 0) is 6.92 Å². The van der Waals surface area contributed by atoms with Crippen molar-refractivity contribution in [2.75, 3.05) is 11.9 Å². The van der Waals surface area contributed by atoms with Crippen LogP contribution in [0.25, 0.3) is 4.96 Å². The number of nitrogens with one attached hydrogen (secondary N) is 2. The van der Waals surface area contributed by atoms with Gasteiger partial charge >= 0.3 is 0 Å². The van der Waals surface area contributed by atoms with Crippen molar-refractivity contribution >= 4 is 32.1 Å². The van der Waals surface area contributed by atoms with E-state index in [0.717, 1.165) is 0 Å². The highest BCUT2D eigenvalue weighted by atomic mass is 32.2. The number of anilines is 1. The first-order valence-corrected chi connectivity index (χ1v) is 8.56. The Kier molecular flexibility index (Phi) is 3.66. The normalized spacial score (nSPS) is 12.0. The minimum atomic E-state index is -3.74. The average Bonchev–Trinajstić information content (AvgIpc) is 3.12. The maximum absolute atomic E-state index is 12.5. The van der Waals surface area contributed by atoms with Crippen molar-refractivity contribution in [2.24, 2.45) is 0 Å². The molecule has 0 bridgehead atoms. The van der Waals surface area contributed by atoms with Gasteiger partial charge in [0.25, 0.3) is 10.0 Å². The van der Waals surface area contributed by atoms with E-state index in [9.17, 15) is 8.42 Å². The molecule has 3 aromatic rings. The monoisotopic (exact) mass is 327 g/mol. The van der Waals surface area contributed by atoms with Crippen molar-refractivity contribution in [3.8, 4) is 0 Å². The summed E-state index contributed by atoms with van der Waals surface area (Å²) in [6.45, 7) is 2.49. The number of aromatic nitrogens is 3. The summed E-state index contributed by atoms with van der Waals surface area (Å²) in [5.41, 5.74) is 0. The third-order valence-corrected chi connectivity index (χ3v) is 4.92. The highest BCUT2D eigenvalue weighted by molar-refractivity contribution is 7.89. The molecule has 0 aliphatic carbocycles. The molecule has 21 heavy (non-hydrogen) atoms. The van der Waals surface area contributed by atoms with Gasteiger partial charge in [-0.2, -0.15) is 0 Å². The van der Waals surface area contributed by atoms with E-state index in [0.29, 0.717) is 23.1 Å². The summed E-state index contributed by atoms with van der Waals surface area (Å²) in [6, 6.07) is 1.60. The van der Waals surface area contributed by atoms with Gasteiger partial charge in [-0.1, -0.05) is 5.16 Å². The van der Waals surface area contributed by atoms with Gasteiger partial charge < -0.3 is 9.84 Å². The van der Waals surface area contributed by atoms with Gasteiger partial charge in [-0.3, -0.25) is 4.40 Å². The average molecular weight is 327 g/mol. The predicted molar refractivity (Wildman–Crippen MR) is 77.8 cm³/mol. The zero-order valence-electron chi connectivity index (χ0n) is 11.1. The van der Waals surface area contributed by atoms with E-state index in [1.54, 1.807) is 22.0 Å². The van der Waals surface area contributed by atoms with Crippen LogP contribution in [-0.2, 0) is 16.6 Å². The Bertz CT molecular complexity index is 835. The largest absolute Gasteiger partial charge is 0.368 e. The van der Waals surface area contributed by atoms with Crippen LogP contribution in [0.1, 0.15) is 12.7 Å². The van der Waals surface area contributed by atoms with E-state index >= 15 is 0 Å². The van der Waals surface area contributed by atoms with Crippen molar-refractivity contribution in [1.29, 1.82) is 0 Å². The molecule has 0 aliphatic heterocycles. The van der Waals surface area contributed by atoms with Crippen molar-refractivity contribution in [3.63, 3.8) is 0 Å². The molecule has 0 saturated carbocycles. The molecule has 0 atom stereocenters. The molecule has 0 amide bonds. The van der Waals surface area contributed by atoms with E-state index in [1.165, 1.54) is 17.5 Å². The predicted octanol–water partition coefficient (Wildman–Crippen LogP) is 1.29. The molecule has 3 heterocycles. The Labute approximate surface area is 124 Å². The van der Waals surface area contributed by atoms with Gasteiger partial charge in [-0.25, -0.2) is 18.1 Å². The molecule has 8 nitrogen and oxygen atoms in total. The van der Waals surface area contributed by atoms with E-state index in [4.69, 9.17) is 4.52 Å². The SMILES string of the molecule is CCNc1nc2sccn2c1S(=O)(=O)NCc1ccno1. The summed E-state index contributed by atoms with van der Waals surface area (Å²) >= 11 is 1.37. The first-order chi connectivity index (χ1) is 10.1. The molecule has 0 fully saturated rings. The molecule has 112 valence electrons. The summed E-state index contributed by atoms with van der Waals surface area (Å²) in [6.07, 6.45) is 3.14. The molecule has 0 spiro atoms. The van der Waals surface area contributed by atoms with Crippen LogP contribution < -0.4 is 10.0 Å². The summed E-state index contributed by atoms with van der Waals surface area (Å²) in [7, 11) is -3.74. The van der Waals surface area contributed by atoms with Crippen LogP contribution in [0, 0.1) is 0 Å². The number of sulfonamides is 1. The van der Waals surface area contributed by atoms with Crippen LogP contribution in [-0.4, -0.2) is 29.5 Å². The van der Waals surface area contributed by atoms with E-state index in [2.05, 4.69) is 20.2 Å². The van der Waals surface area contributed by atoms with E-state index < -0.39 is 10.0 Å². The molecule has 3 rings (SSSR count). The summed E-state index contributed by atoms with van der Waals surface area (Å²) in [5.74, 6) is 0.782. The third-order valence-electron chi connectivity index (χ3n) is 2.74. The first-order valence-electron chi connectivity index (χ1n) is 6.20. The second kappa shape index (κ2) is 5.47. The van der Waals surface area contributed by atoms with Crippen molar-refractivity contribution in [1.82, 2.24) is 19.3 Å². The molecule has 0 unspecified atom stereocenters. The number of fused-ring (bicyclic) bond motifs is 1. The van der Waals surface area contributed by atoms with Gasteiger partial charge in [0.1, 0.15) is 0 Å². The molecule has 0 aliphatic rings. The quantitative estimate of drug-likeness (QED) is 0.707. The number of nitrogens with zero attached hydrogens (tertiary/aromatic N) is 3. The number of rotatable bonds is 6. The minimum absolute atomic E-state index is 0.0330. The van der Waals surface area contributed by atoms with Crippen molar-refractivity contribution in [3.05, 3.63) is 29.6 Å². The van der Waals surface area contributed by atoms with Crippen molar-refractivity contribution in [2.45, 2.75) is 18.5 Å². The zero-order valence-corrected chi connectivity index (χ0v) is 12.7. The van der Waals surface area contributed by atoms with Gasteiger partial charge in [0.2, 0.25) is 0 Å². The first kappa shape index (κ1) is 14.0. The fourth-order valence-electron chi connectivity index (χ4n) is 1.87. The fraction of sp³-hybridized carbons (Fsp3) is 0.273. The highest BCUT2D eigenvalue weighted by Gasteiger charge is 2.25. The summed E-state index contributed by atoms with van der Waals surface area (Å²) in [5, 5.41) is 8.39. The lowest BCUT2D eigenvalue weighted by atomic mass is 10.5.